The first-order valence-electron chi connectivity index (χ1n) is 15.6. The molecule has 2 heterocycles. The molecular formula is C42H26N2O2S2Zn. The first-order chi connectivity index (χ1) is 23.6. The minimum atomic E-state index is 0. The van der Waals surface area contributed by atoms with Crippen molar-refractivity contribution in [1.82, 2.24) is 9.97 Å². The Morgan fingerprint density at radius 2 is 0.694 bits per heavy atom. The molecule has 7 heteroatoms. The number of phenols is 2. The number of aromatic hydroxyl groups is 2. The Morgan fingerprint density at radius 3 is 1.10 bits per heavy atom. The number of nitrogens with zero attached hydrogens (tertiary/aromatic N) is 2. The van der Waals surface area contributed by atoms with E-state index >= 15 is 0 Å². The molecule has 0 radical (unpaired) electrons. The molecule has 0 aliphatic rings. The fourth-order valence-electron chi connectivity index (χ4n) is 6.40. The van der Waals surface area contributed by atoms with Crippen LogP contribution >= 0.6 is 22.7 Å². The Kier molecular flexibility index (Phi) is 8.05. The third-order valence-corrected chi connectivity index (χ3v) is 11.1. The summed E-state index contributed by atoms with van der Waals surface area (Å²) in [6.07, 6.45) is 0. The van der Waals surface area contributed by atoms with Crippen LogP contribution in [0.2, 0.25) is 0 Å². The molecule has 0 spiro atoms. The Labute approximate surface area is 302 Å². The summed E-state index contributed by atoms with van der Waals surface area (Å²) in [6.45, 7) is 0. The summed E-state index contributed by atoms with van der Waals surface area (Å²) in [4.78, 5) is 9.52. The zero-order valence-electron chi connectivity index (χ0n) is 26.2. The van der Waals surface area contributed by atoms with Crippen LogP contribution in [-0.2, 0) is 19.5 Å². The third kappa shape index (κ3) is 5.41. The van der Waals surface area contributed by atoms with E-state index in [9.17, 15) is 10.2 Å². The van der Waals surface area contributed by atoms with Crippen molar-refractivity contribution in [3.63, 3.8) is 0 Å². The Hall–Kier alpha value is -5.20. The minimum Gasteiger partial charge on any atom is -0.507 e. The van der Waals surface area contributed by atoms with Crippen LogP contribution in [0.15, 0.2) is 146 Å². The van der Waals surface area contributed by atoms with Crippen molar-refractivity contribution in [2.75, 3.05) is 0 Å². The van der Waals surface area contributed by atoms with Crippen LogP contribution in [0.3, 0.4) is 0 Å². The van der Waals surface area contributed by atoms with Crippen molar-refractivity contribution in [2.45, 2.75) is 0 Å². The van der Waals surface area contributed by atoms with Gasteiger partial charge in [-0.15, -0.1) is 22.7 Å². The summed E-state index contributed by atoms with van der Waals surface area (Å²) in [5.41, 5.74) is 3.53. The van der Waals surface area contributed by atoms with Gasteiger partial charge in [-0.05, 0) is 45.8 Å². The Bertz CT molecular complexity index is 2650. The predicted octanol–water partition coefficient (Wildman–Crippen LogP) is 11.9. The number of hydrogen-bond acceptors (Lipinski definition) is 6. The van der Waals surface area contributed by atoms with Crippen molar-refractivity contribution in [3.05, 3.63) is 146 Å². The molecule has 10 aromatic rings. The molecule has 8 aromatic carbocycles. The average Bonchev–Trinajstić information content (AvgIpc) is 3.78. The van der Waals surface area contributed by atoms with E-state index in [-0.39, 0.29) is 19.5 Å². The fourth-order valence-corrected chi connectivity index (χ4v) is 8.65. The molecule has 0 saturated carbocycles. The van der Waals surface area contributed by atoms with Crippen molar-refractivity contribution in [3.8, 4) is 32.6 Å². The van der Waals surface area contributed by atoms with Crippen LogP contribution in [-0.4, -0.2) is 20.2 Å². The molecule has 4 nitrogen and oxygen atoms in total. The van der Waals surface area contributed by atoms with Crippen molar-refractivity contribution in [2.24, 2.45) is 0 Å². The number of hydrogen-bond donors (Lipinski definition) is 2. The zero-order chi connectivity index (χ0) is 32.2. The van der Waals surface area contributed by atoms with Crippen LogP contribution in [0.25, 0.3) is 84.7 Å². The second kappa shape index (κ2) is 12.7. The summed E-state index contributed by atoms with van der Waals surface area (Å²) in [5.74, 6) is 0.605. The number of fused-ring (bicyclic) bond motifs is 8. The molecule has 10 rings (SSSR count). The van der Waals surface area contributed by atoms with E-state index < -0.39 is 0 Å². The van der Waals surface area contributed by atoms with E-state index in [1.54, 1.807) is 22.7 Å². The van der Waals surface area contributed by atoms with Crippen LogP contribution in [0.4, 0.5) is 0 Å². The molecule has 0 fully saturated rings. The van der Waals surface area contributed by atoms with Gasteiger partial charge in [0.2, 0.25) is 0 Å². The molecule has 0 bridgehead atoms. The summed E-state index contributed by atoms with van der Waals surface area (Å²) in [7, 11) is 0. The quantitative estimate of drug-likeness (QED) is 0.175. The van der Waals surface area contributed by atoms with Crippen LogP contribution in [0, 0.1) is 0 Å². The number of phenolic OH excluding ortho intramolecular Hbond substituents is 2. The summed E-state index contributed by atoms with van der Waals surface area (Å²) >= 11 is 3.26. The van der Waals surface area contributed by atoms with E-state index in [1.807, 2.05) is 84.9 Å². The zero-order valence-corrected chi connectivity index (χ0v) is 30.8. The molecule has 49 heavy (non-hydrogen) atoms. The van der Waals surface area contributed by atoms with Crippen LogP contribution in [0.1, 0.15) is 0 Å². The maximum absolute atomic E-state index is 10.7. The van der Waals surface area contributed by atoms with E-state index in [0.717, 1.165) is 63.1 Å². The molecule has 0 saturated heterocycles. The van der Waals surface area contributed by atoms with Crippen molar-refractivity contribution >= 4 is 86.2 Å². The summed E-state index contributed by atoms with van der Waals surface area (Å²) in [6, 6.07) is 48.7. The van der Waals surface area contributed by atoms with E-state index in [2.05, 4.69) is 60.7 Å². The maximum atomic E-state index is 10.7. The number of aromatic nitrogens is 2. The molecule has 0 unspecified atom stereocenters. The molecular weight excluding hydrogens is 694 g/mol. The minimum absolute atomic E-state index is 0. The van der Waals surface area contributed by atoms with Crippen LogP contribution in [0.5, 0.6) is 11.5 Å². The topological polar surface area (TPSA) is 66.2 Å². The van der Waals surface area contributed by atoms with Crippen LogP contribution < -0.4 is 0 Å². The first kappa shape index (κ1) is 31.1. The van der Waals surface area contributed by atoms with Crippen molar-refractivity contribution < 1.29 is 29.7 Å². The van der Waals surface area contributed by atoms with Gasteiger partial charge < -0.3 is 10.2 Å². The fraction of sp³-hybridized carbons (Fsp3) is 0. The SMILES string of the molecule is Oc1c(-c2nc3ccc4ccccc4c3s2)ccc2ccccc12.Oc1c(-c2nc3ccc4ccccc4c3s2)ccc2ccccc12.[Zn]. The van der Waals surface area contributed by atoms with E-state index in [1.165, 1.54) is 21.5 Å². The third-order valence-electron chi connectivity index (χ3n) is 8.82. The Balaban J connectivity index is 0.000000139. The van der Waals surface area contributed by atoms with Gasteiger partial charge >= 0.3 is 0 Å². The van der Waals surface area contributed by atoms with E-state index in [4.69, 9.17) is 9.97 Å². The normalized spacial score (nSPS) is 11.3. The monoisotopic (exact) mass is 718 g/mol. The maximum Gasteiger partial charge on any atom is 0.133 e. The molecule has 0 aliphatic heterocycles. The molecule has 0 atom stereocenters. The van der Waals surface area contributed by atoms with Gasteiger partial charge in [-0.3, -0.25) is 0 Å². The predicted molar refractivity (Wildman–Crippen MR) is 203 cm³/mol. The van der Waals surface area contributed by atoms with Gasteiger partial charge in [0.25, 0.3) is 0 Å². The van der Waals surface area contributed by atoms with Gasteiger partial charge in [-0.25, -0.2) is 9.97 Å². The average molecular weight is 720 g/mol. The second-order valence-electron chi connectivity index (χ2n) is 11.7. The van der Waals surface area contributed by atoms with Crippen molar-refractivity contribution in [1.29, 1.82) is 0 Å². The van der Waals surface area contributed by atoms with Gasteiger partial charge in [-0.2, -0.15) is 0 Å². The van der Waals surface area contributed by atoms with E-state index in [0.29, 0.717) is 11.5 Å². The number of thiazole rings is 2. The first-order valence-corrected chi connectivity index (χ1v) is 17.2. The van der Waals surface area contributed by atoms with Gasteiger partial charge in [0, 0.05) is 41.0 Å². The molecule has 2 aromatic heterocycles. The standard InChI is InChI=1S/2C21H13NOS.Zn/c2*23-19-15-7-3-1-5-13(15)9-11-17(19)21-22-18-12-10-14-6-2-4-8-16(14)20(18)24-21;/h2*1-12,23H;. The number of benzene rings is 8. The molecule has 0 amide bonds. The number of rotatable bonds is 2. The molecule has 0 aliphatic carbocycles. The summed E-state index contributed by atoms with van der Waals surface area (Å²) in [5, 5.41) is 31.7. The largest absolute Gasteiger partial charge is 0.507 e. The van der Waals surface area contributed by atoms with Gasteiger partial charge in [0.05, 0.1) is 31.6 Å². The Morgan fingerprint density at radius 1 is 0.367 bits per heavy atom. The van der Waals surface area contributed by atoms with Gasteiger partial charge in [0.15, 0.2) is 0 Å². The smallest absolute Gasteiger partial charge is 0.133 e. The van der Waals surface area contributed by atoms with Gasteiger partial charge in [-0.1, -0.05) is 121 Å². The second-order valence-corrected chi connectivity index (χ2v) is 13.7. The van der Waals surface area contributed by atoms with Gasteiger partial charge in [0.1, 0.15) is 21.5 Å². The molecule has 2 N–H and O–H groups in total. The summed E-state index contributed by atoms with van der Waals surface area (Å²) < 4.78 is 2.33. The molecule has 230 valence electrons.